The highest BCUT2D eigenvalue weighted by Crippen LogP contribution is 2.22. The minimum atomic E-state index is -0.146. The van der Waals surface area contributed by atoms with Crippen molar-refractivity contribution in [1.29, 1.82) is 0 Å². The average Bonchev–Trinajstić information content (AvgIpc) is 3.17. The van der Waals surface area contributed by atoms with Crippen LogP contribution in [0.25, 0.3) is 27.9 Å². The van der Waals surface area contributed by atoms with Crippen molar-refractivity contribution in [1.82, 2.24) is 29.5 Å². The first-order valence-corrected chi connectivity index (χ1v) is 10.4. The van der Waals surface area contributed by atoms with Crippen LogP contribution in [0.15, 0.2) is 41.5 Å². The summed E-state index contributed by atoms with van der Waals surface area (Å²) in [7, 11) is 0. The van der Waals surface area contributed by atoms with Crippen LogP contribution in [-0.4, -0.2) is 62.2 Å². The molecule has 0 bridgehead atoms. The SMILES string of the molecule is CCCN1CCN(c2ccc3nc(-c4cc5cnc(C)cn5n4)[nH]c(=O)c3c2)CC1. The number of anilines is 1. The molecule has 1 saturated heterocycles. The highest BCUT2D eigenvalue weighted by atomic mass is 16.1. The third-order valence-corrected chi connectivity index (χ3v) is 5.68. The monoisotopic (exact) mass is 403 g/mol. The minimum Gasteiger partial charge on any atom is -0.369 e. The second-order valence-corrected chi connectivity index (χ2v) is 7.87. The first-order chi connectivity index (χ1) is 14.6. The summed E-state index contributed by atoms with van der Waals surface area (Å²) >= 11 is 0. The fourth-order valence-corrected chi connectivity index (χ4v) is 4.09. The Balaban J connectivity index is 1.46. The van der Waals surface area contributed by atoms with E-state index in [-0.39, 0.29) is 5.56 Å². The molecule has 1 N–H and O–H groups in total. The van der Waals surface area contributed by atoms with E-state index in [2.05, 4.69) is 42.8 Å². The summed E-state index contributed by atoms with van der Waals surface area (Å²) in [6, 6.07) is 7.83. The number of aryl methyl sites for hydroxylation is 1. The van der Waals surface area contributed by atoms with Crippen LogP contribution in [0.2, 0.25) is 0 Å². The van der Waals surface area contributed by atoms with E-state index in [1.54, 1.807) is 10.7 Å². The lowest BCUT2D eigenvalue weighted by Crippen LogP contribution is -2.46. The molecule has 8 nitrogen and oxygen atoms in total. The van der Waals surface area contributed by atoms with Gasteiger partial charge in [0.1, 0.15) is 5.69 Å². The first-order valence-electron chi connectivity index (χ1n) is 10.4. The normalized spacial score (nSPS) is 15.3. The van der Waals surface area contributed by atoms with Gasteiger partial charge in [0.2, 0.25) is 0 Å². The zero-order chi connectivity index (χ0) is 20.7. The third-order valence-electron chi connectivity index (χ3n) is 5.68. The Morgan fingerprint density at radius 1 is 1.13 bits per heavy atom. The molecule has 0 unspecified atom stereocenters. The van der Waals surface area contributed by atoms with Gasteiger partial charge in [-0.2, -0.15) is 5.10 Å². The molecule has 0 aliphatic carbocycles. The van der Waals surface area contributed by atoms with E-state index in [1.165, 1.54) is 6.42 Å². The number of hydrogen-bond donors (Lipinski definition) is 1. The molecule has 1 aromatic carbocycles. The topological polar surface area (TPSA) is 82.4 Å². The number of aromatic nitrogens is 5. The van der Waals surface area contributed by atoms with Gasteiger partial charge in [-0.15, -0.1) is 0 Å². The van der Waals surface area contributed by atoms with Crippen molar-refractivity contribution in [2.75, 3.05) is 37.6 Å². The van der Waals surface area contributed by atoms with Crippen LogP contribution in [0, 0.1) is 6.92 Å². The summed E-state index contributed by atoms with van der Waals surface area (Å²) in [6.45, 7) is 9.35. The molecular formula is C22H25N7O. The minimum absolute atomic E-state index is 0.146. The van der Waals surface area contributed by atoms with Crippen LogP contribution in [-0.2, 0) is 0 Å². The molecule has 154 valence electrons. The lowest BCUT2D eigenvalue weighted by Gasteiger charge is -2.36. The zero-order valence-corrected chi connectivity index (χ0v) is 17.3. The number of hydrogen-bond acceptors (Lipinski definition) is 6. The number of benzene rings is 1. The van der Waals surface area contributed by atoms with E-state index < -0.39 is 0 Å². The molecule has 4 aromatic rings. The summed E-state index contributed by atoms with van der Waals surface area (Å²) in [5.41, 5.74) is 3.96. The molecule has 8 heteroatoms. The van der Waals surface area contributed by atoms with Gasteiger partial charge in [-0.25, -0.2) is 9.50 Å². The molecule has 4 heterocycles. The van der Waals surface area contributed by atoms with Gasteiger partial charge in [0.25, 0.3) is 5.56 Å². The molecule has 0 spiro atoms. The quantitative estimate of drug-likeness (QED) is 0.564. The average molecular weight is 403 g/mol. The van der Waals surface area contributed by atoms with Gasteiger partial charge >= 0.3 is 0 Å². The van der Waals surface area contributed by atoms with E-state index in [0.29, 0.717) is 22.4 Å². The lowest BCUT2D eigenvalue weighted by atomic mass is 10.2. The largest absolute Gasteiger partial charge is 0.369 e. The van der Waals surface area contributed by atoms with E-state index in [9.17, 15) is 4.79 Å². The second kappa shape index (κ2) is 7.53. The maximum absolute atomic E-state index is 12.8. The fraction of sp³-hybridized carbons (Fsp3) is 0.364. The number of nitrogens with zero attached hydrogens (tertiary/aromatic N) is 6. The predicted molar refractivity (Wildman–Crippen MR) is 118 cm³/mol. The van der Waals surface area contributed by atoms with Gasteiger partial charge in [0.15, 0.2) is 5.82 Å². The summed E-state index contributed by atoms with van der Waals surface area (Å²) < 4.78 is 1.75. The number of nitrogens with one attached hydrogen (secondary N) is 1. The molecule has 1 aliphatic rings. The third kappa shape index (κ3) is 3.43. The first kappa shape index (κ1) is 18.7. The summed E-state index contributed by atoms with van der Waals surface area (Å²) in [4.78, 5) is 29.5. The Morgan fingerprint density at radius 3 is 2.77 bits per heavy atom. The highest BCUT2D eigenvalue weighted by Gasteiger charge is 2.18. The molecule has 0 atom stereocenters. The van der Waals surface area contributed by atoms with Crippen LogP contribution >= 0.6 is 0 Å². The Morgan fingerprint density at radius 2 is 1.97 bits per heavy atom. The van der Waals surface area contributed by atoms with Crippen molar-refractivity contribution < 1.29 is 0 Å². The molecule has 0 amide bonds. The number of fused-ring (bicyclic) bond motifs is 2. The van der Waals surface area contributed by atoms with Gasteiger partial charge in [0, 0.05) is 31.9 Å². The molecule has 1 fully saturated rings. The fourth-order valence-electron chi connectivity index (χ4n) is 4.09. The Kier molecular flexibility index (Phi) is 4.71. The molecule has 3 aromatic heterocycles. The number of rotatable bonds is 4. The Bertz CT molecular complexity index is 1270. The predicted octanol–water partition coefficient (Wildman–Crippen LogP) is 2.47. The Hall–Kier alpha value is -3.26. The molecule has 1 aliphatic heterocycles. The van der Waals surface area contributed by atoms with E-state index in [0.717, 1.165) is 49.6 Å². The van der Waals surface area contributed by atoms with Crippen molar-refractivity contribution in [3.63, 3.8) is 0 Å². The van der Waals surface area contributed by atoms with Crippen LogP contribution in [0.4, 0.5) is 5.69 Å². The molecular weight excluding hydrogens is 378 g/mol. The Labute approximate surface area is 174 Å². The van der Waals surface area contributed by atoms with Gasteiger partial charge in [-0.1, -0.05) is 6.92 Å². The van der Waals surface area contributed by atoms with Gasteiger partial charge in [-0.3, -0.25) is 14.7 Å². The smallest absolute Gasteiger partial charge is 0.259 e. The summed E-state index contributed by atoms with van der Waals surface area (Å²) in [5.74, 6) is 0.467. The van der Waals surface area contributed by atoms with E-state index >= 15 is 0 Å². The van der Waals surface area contributed by atoms with E-state index in [1.807, 2.05) is 31.3 Å². The van der Waals surface area contributed by atoms with Gasteiger partial charge in [0.05, 0.1) is 34.5 Å². The van der Waals surface area contributed by atoms with Crippen molar-refractivity contribution in [3.8, 4) is 11.5 Å². The maximum atomic E-state index is 12.8. The summed E-state index contributed by atoms with van der Waals surface area (Å²) in [5, 5.41) is 5.14. The van der Waals surface area contributed by atoms with Crippen molar-refractivity contribution >= 4 is 22.1 Å². The number of aromatic amines is 1. The molecule has 0 radical (unpaired) electrons. The van der Waals surface area contributed by atoms with Gasteiger partial charge in [-0.05, 0) is 44.2 Å². The number of H-pyrrole nitrogens is 1. The molecule has 0 saturated carbocycles. The van der Waals surface area contributed by atoms with Crippen molar-refractivity contribution in [2.24, 2.45) is 0 Å². The van der Waals surface area contributed by atoms with Crippen LogP contribution < -0.4 is 10.5 Å². The highest BCUT2D eigenvalue weighted by molar-refractivity contribution is 5.83. The van der Waals surface area contributed by atoms with E-state index in [4.69, 9.17) is 0 Å². The standard InChI is InChI=1S/C22H25N7O/c1-3-6-27-7-9-28(10-8-27)16-4-5-19-18(11-16)22(30)25-21(24-19)20-12-17-13-23-15(2)14-29(17)26-20/h4-5,11-14H,3,6-10H2,1-2H3,(H,24,25,30). The van der Waals surface area contributed by atoms with Crippen LogP contribution in [0.1, 0.15) is 19.0 Å². The van der Waals surface area contributed by atoms with Crippen LogP contribution in [0.5, 0.6) is 0 Å². The van der Waals surface area contributed by atoms with Crippen molar-refractivity contribution in [3.05, 3.63) is 52.7 Å². The van der Waals surface area contributed by atoms with Crippen molar-refractivity contribution in [2.45, 2.75) is 20.3 Å². The lowest BCUT2D eigenvalue weighted by molar-refractivity contribution is 0.258. The number of piperazine rings is 1. The summed E-state index contributed by atoms with van der Waals surface area (Å²) in [6.07, 6.45) is 4.80. The zero-order valence-electron chi connectivity index (χ0n) is 17.3. The maximum Gasteiger partial charge on any atom is 0.259 e. The van der Waals surface area contributed by atoms with Gasteiger partial charge < -0.3 is 9.88 Å². The molecule has 5 rings (SSSR count). The molecule has 30 heavy (non-hydrogen) atoms. The second-order valence-electron chi connectivity index (χ2n) is 7.87. The van der Waals surface area contributed by atoms with Crippen LogP contribution in [0.3, 0.4) is 0 Å².